The zero-order valence-electron chi connectivity index (χ0n) is 8.59. The first-order chi connectivity index (χ1) is 8.25. The Bertz CT molecular complexity index is 729. The standard InChI is InChI=1S/C11H7BrN4O/c12-7-1-3-8(4-2-7)16-10-9(5-15-16)11(17)14-6-13-10/h1-6H,(H,13,14,17). The molecule has 0 spiro atoms. The van der Waals surface area contributed by atoms with Crippen molar-refractivity contribution in [2.24, 2.45) is 0 Å². The second-order valence-electron chi connectivity index (χ2n) is 3.50. The minimum Gasteiger partial charge on any atom is -0.312 e. The third-order valence-electron chi connectivity index (χ3n) is 2.44. The molecule has 0 saturated heterocycles. The van der Waals surface area contributed by atoms with E-state index in [-0.39, 0.29) is 5.56 Å². The molecule has 2 heterocycles. The zero-order chi connectivity index (χ0) is 11.8. The van der Waals surface area contributed by atoms with E-state index in [1.165, 1.54) is 12.5 Å². The van der Waals surface area contributed by atoms with E-state index in [1.54, 1.807) is 4.68 Å². The fourth-order valence-electron chi connectivity index (χ4n) is 1.63. The molecule has 3 aromatic rings. The van der Waals surface area contributed by atoms with Crippen LogP contribution >= 0.6 is 15.9 Å². The average molecular weight is 291 g/mol. The lowest BCUT2D eigenvalue weighted by Gasteiger charge is -2.01. The van der Waals surface area contributed by atoms with Crippen molar-refractivity contribution in [3.63, 3.8) is 0 Å². The van der Waals surface area contributed by atoms with Gasteiger partial charge in [-0.15, -0.1) is 0 Å². The summed E-state index contributed by atoms with van der Waals surface area (Å²) in [5.41, 5.74) is 1.23. The maximum absolute atomic E-state index is 11.5. The average Bonchev–Trinajstić information content (AvgIpc) is 2.75. The summed E-state index contributed by atoms with van der Waals surface area (Å²) < 4.78 is 2.63. The van der Waals surface area contributed by atoms with Gasteiger partial charge in [0.05, 0.1) is 18.2 Å². The predicted octanol–water partition coefficient (Wildman–Crippen LogP) is 1.87. The van der Waals surface area contributed by atoms with Gasteiger partial charge in [-0.3, -0.25) is 4.79 Å². The fourth-order valence-corrected chi connectivity index (χ4v) is 1.89. The Balaban J connectivity index is 2.28. The molecule has 84 valence electrons. The van der Waals surface area contributed by atoms with Crippen LogP contribution in [0.5, 0.6) is 0 Å². The van der Waals surface area contributed by atoms with Crippen molar-refractivity contribution in [3.05, 3.63) is 51.6 Å². The molecule has 1 N–H and O–H groups in total. The van der Waals surface area contributed by atoms with E-state index in [1.807, 2.05) is 24.3 Å². The van der Waals surface area contributed by atoms with E-state index in [9.17, 15) is 4.79 Å². The van der Waals surface area contributed by atoms with E-state index in [0.29, 0.717) is 11.0 Å². The predicted molar refractivity (Wildman–Crippen MR) is 67.2 cm³/mol. The Labute approximate surface area is 104 Å². The maximum atomic E-state index is 11.5. The second-order valence-corrected chi connectivity index (χ2v) is 4.42. The van der Waals surface area contributed by atoms with E-state index in [4.69, 9.17) is 0 Å². The molecule has 1 aromatic carbocycles. The summed E-state index contributed by atoms with van der Waals surface area (Å²) in [5, 5.41) is 4.66. The Kier molecular flexibility index (Phi) is 2.29. The second kappa shape index (κ2) is 3.81. The number of hydrogen-bond acceptors (Lipinski definition) is 3. The molecule has 0 amide bonds. The van der Waals surface area contributed by atoms with Gasteiger partial charge >= 0.3 is 0 Å². The highest BCUT2D eigenvalue weighted by molar-refractivity contribution is 9.10. The number of H-pyrrole nitrogens is 1. The Morgan fingerprint density at radius 3 is 2.76 bits per heavy atom. The quantitative estimate of drug-likeness (QED) is 0.744. The Morgan fingerprint density at radius 1 is 1.24 bits per heavy atom. The number of aromatic amines is 1. The van der Waals surface area contributed by atoms with Crippen LogP contribution < -0.4 is 5.56 Å². The van der Waals surface area contributed by atoms with Gasteiger partial charge in [-0.05, 0) is 24.3 Å². The molecule has 0 fully saturated rings. The zero-order valence-corrected chi connectivity index (χ0v) is 10.2. The van der Waals surface area contributed by atoms with Gasteiger partial charge < -0.3 is 4.98 Å². The first kappa shape index (κ1) is 10.2. The highest BCUT2D eigenvalue weighted by Gasteiger charge is 2.08. The summed E-state index contributed by atoms with van der Waals surface area (Å²) in [5.74, 6) is 0. The summed E-state index contributed by atoms with van der Waals surface area (Å²) in [6.07, 6.45) is 2.89. The van der Waals surface area contributed by atoms with Crippen LogP contribution in [0, 0.1) is 0 Å². The van der Waals surface area contributed by atoms with Gasteiger partial charge in [0.15, 0.2) is 5.65 Å². The van der Waals surface area contributed by atoms with Crippen molar-refractivity contribution in [1.82, 2.24) is 19.7 Å². The summed E-state index contributed by atoms with van der Waals surface area (Å²) >= 11 is 3.37. The number of nitrogens with one attached hydrogen (secondary N) is 1. The molecule has 17 heavy (non-hydrogen) atoms. The van der Waals surface area contributed by atoms with Gasteiger partial charge in [0, 0.05) is 4.47 Å². The van der Waals surface area contributed by atoms with Crippen molar-refractivity contribution in [1.29, 1.82) is 0 Å². The van der Waals surface area contributed by atoms with Gasteiger partial charge in [0.25, 0.3) is 5.56 Å². The van der Waals surface area contributed by atoms with Gasteiger partial charge in [-0.25, -0.2) is 9.67 Å². The monoisotopic (exact) mass is 290 g/mol. The van der Waals surface area contributed by atoms with Crippen molar-refractivity contribution >= 4 is 27.0 Å². The lowest BCUT2D eigenvalue weighted by atomic mass is 10.3. The van der Waals surface area contributed by atoms with Crippen molar-refractivity contribution in [2.45, 2.75) is 0 Å². The molecule has 3 rings (SSSR count). The first-order valence-electron chi connectivity index (χ1n) is 4.93. The molecule has 0 radical (unpaired) electrons. The minimum absolute atomic E-state index is 0.182. The summed E-state index contributed by atoms with van der Waals surface area (Å²) in [6.45, 7) is 0. The van der Waals surface area contributed by atoms with Crippen LogP contribution in [0.15, 0.2) is 46.1 Å². The molecule has 0 saturated carbocycles. The van der Waals surface area contributed by atoms with Crippen LogP contribution in [0.4, 0.5) is 0 Å². The molecule has 5 nitrogen and oxygen atoms in total. The highest BCUT2D eigenvalue weighted by atomic mass is 79.9. The molecular weight excluding hydrogens is 284 g/mol. The number of benzene rings is 1. The molecule has 0 bridgehead atoms. The highest BCUT2D eigenvalue weighted by Crippen LogP contribution is 2.16. The molecule has 0 aliphatic carbocycles. The molecule has 0 aliphatic heterocycles. The SMILES string of the molecule is O=c1[nH]cnc2c1cnn2-c1ccc(Br)cc1. The third-order valence-corrected chi connectivity index (χ3v) is 2.97. The first-order valence-corrected chi connectivity index (χ1v) is 5.72. The number of hydrogen-bond donors (Lipinski definition) is 1. The van der Waals surface area contributed by atoms with E-state index >= 15 is 0 Å². The van der Waals surface area contributed by atoms with Crippen LogP contribution in [0.1, 0.15) is 0 Å². The minimum atomic E-state index is -0.182. The topological polar surface area (TPSA) is 63.6 Å². The smallest absolute Gasteiger partial charge is 0.261 e. The van der Waals surface area contributed by atoms with E-state index in [0.717, 1.165) is 10.2 Å². The van der Waals surface area contributed by atoms with Gasteiger partial charge in [-0.2, -0.15) is 5.10 Å². The molecular formula is C11H7BrN4O. The largest absolute Gasteiger partial charge is 0.312 e. The van der Waals surface area contributed by atoms with Gasteiger partial charge in [-0.1, -0.05) is 15.9 Å². The van der Waals surface area contributed by atoms with Crippen LogP contribution in [-0.4, -0.2) is 19.7 Å². The van der Waals surface area contributed by atoms with Crippen LogP contribution in [-0.2, 0) is 0 Å². The maximum Gasteiger partial charge on any atom is 0.261 e. The van der Waals surface area contributed by atoms with Crippen molar-refractivity contribution in [3.8, 4) is 5.69 Å². The van der Waals surface area contributed by atoms with Crippen molar-refractivity contribution < 1.29 is 0 Å². The van der Waals surface area contributed by atoms with Gasteiger partial charge in [0.1, 0.15) is 5.39 Å². The number of aromatic nitrogens is 4. The van der Waals surface area contributed by atoms with Crippen LogP contribution in [0.25, 0.3) is 16.7 Å². The normalized spacial score (nSPS) is 10.9. The molecule has 0 atom stereocenters. The number of nitrogens with zero attached hydrogens (tertiary/aromatic N) is 3. The fraction of sp³-hybridized carbons (Fsp3) is 0. The summed E-state index contributed by atoms with van der Waals surface area (Å²) in [7, 11) is 0. The molecule has 2 aromatic heterocycles. The number of halogens is 1. The van der Waals surface area contributed by atoms with Gasteiger partial charge in [0.2, 0.25) is 0 Å². The lowest BCUT2D eigenvalue weighted by molar-refractivity contribution is 0.894. The third kappa shape index (κ3) is 1.66. The van der Waals surface area contributed by atoms with Crippen LogP contribution in [0.2, 0.25) is 0 Å². The number of fused-ring (bicyclic) bond motifs is 1. The molecule has 0 unspecified atom stereocenters. The van der Waals surface area contributed by atoms with Crippen molar-refractivity contribution in [2.75, 3.05) is 0 Å². The van der Waals surface area contributed by atoms with E-state index in [2.05, 4.69) is 31.0 Å². The Morgan fingerprint density at radius 2 is 2.00 bits per heavy atom. The lowest BCUT2D eigenvalue weighted by Crippen LogP contribution is -2.06. The summed E-state index contributed by atoms with van der Waals surface area (Å²) in [4.78, 5) is 18.2. The van der Waals surface area contributed by atoms with Crippen LogP contribution in [0.3, 0.4) is 0 Å². The Hall–Kier alpha value is -1.95. The summed E-state index contributed by atoms with van der Waals surface area (Å²) in [6, 6.07) is 7.63. The van der Waals surface area contributed by atoms with E-state index < -0.39 is 0 Å². The molecule has 0 aliphatic rings. The number of rotatable bonds is 1. The molecule has 6 heteroatoms.